The number of carbonyl (C=O) groups excluding carboxylic acids is 1. The molecule has 2 heterocycles. The maximum Gasteiger partial charge on any atom is 0.227 e. The third kappa shape index (κ3) is 4.92. The molecule has 0 bridgehead atoms. The van der Waals surface area contributed by atoms with Crippen LogP contribution < -0.4 is 15.5 Å². The molecule has 2 N–H and O–H groups in total. The molecule has 1 aliphatic rings. The number of rotatable bonds is 4. The highest BCUT2D eigenvalue weighted by Gasteiger charge is 2.14. The summed E-state index contributed by atoms with van der Waals surface area (Å²) in [7, 11) is 0. The van der Waals surface area contributed by atoms with E-state index in [4.69, 9.17) is 4.98 Å². The van der Waals surface area contributed by atoms with Gasteiger partial charge >= 0.3 is 0 Å². The lowest BCUT2D eigenvalue weighted by atomic mass is 10.2. The molecule has 0 atom stereocenters. The summed E-state index contributed by atoms with van der Waals surface area (Å²) >= 11 is 0. The summed E-state index contributed by atoms with van der Waals surface area (Å²) in [4.78, 5) is 22.8. The standard InChI is InChI=1S/C19H25N5O/c1-14-12-18(22-17-9-7-8-16(13-17)21-15(2)25)23-19(20-14)24-10-5-3-4-6-11-24/h7-9,12-13H,3-6,10-11H2,1-2H3,(H,21,25)(H,20,22,23). The van der Waals surface area contributed by atoms with Gasteiger partial charge < -0.3 is 15.5 Å². The predicted octanol–water partition coefficient (Wildman–Crippen LogP) is 3.87. The van der Waals surface area contributed by atoms with E-state index in [1.165, 1.54) is 32.6 Å². The minimum absolute atomic E-state index is 0.0847. The molecule has 0 radical (unpaired) electrons. The van der Waals surface area contributed by atoms with Crippen LogP contribution in [0.5, 0.6) is 0 Å². The first-order valence-corrected chi connectivity index (χ1v) is 8.85. The summed E-state index contributed by atoms with van der Waals surface area (Å²) in [6.07, 6.45) is 4.95. The van der Waals surface area contributed by atoms with Gasteiger partial charge in [-0.15, -0.1) is 0 Å². The molecule has 0 spiro atoms. The fourth-order valence-corrected chi connectivity index (χ4v) is 3.05. The molecule has 6 heteroatoms. The lowest BCUT2D eigenvalue weighted by Gasteiger charge is -2.21. The molecule has 1 aliphatic heterocycles. The third-order valence-electron chi connectivity index (χ3n) is 4.19. The van der Waals surface area contributed by atoms with Gasteiger partial charge in [0.25, 0.3) is 0 Å². The van der Waals surface area contributed by atoms with Crippen molar-refractivity contribution < 1.29 is 4.79 Å². The molecule has 25 heavy (non-hydrogen) atoms. The van der Waals surface area contributed by atoms with E-state index in [1.807, 2.05) is 37.3 Å². The number of carbonyl (C=O) groups is 1. The van der Waals surface area contributed by atoms with Crippen LogP contribution in [0.15, 0.2) is 30.3 Å². The lowest BCUT2D eigenvalue weighted by Crippen LogP contribution is -2.26. The smallest absolute Gasteiger partial charge is 0.227 e. The zero-order chi connectivity index (χ0) is 17.6. The number of aromatic nitrogens is 2. The average molecular weight is 339 g/mol. The van der Waals surface area contributed by atoms with Gasteiger partial charge in [-0.05, 0) is 38.0 Å². The number of amides is 1. The van der Waals surface area contributed by atoms with Crippen LogP contribution in [0.1, 0.15) is 38.3 Å². The lowest BCUT2D eigenvalue weighted by molar-refractivity contribution is -0.114. The summed E-state index contributed by atoms with van der Waals surface area (Å²) in [6.45, 7) is 5.52. The van der Waals surface area contributed by atoms with Crippen LogP contribution >= 0.6 is 0 Å². The molecular weight excluding hydrogens is 314 g/mol. The topological polar surface area (TPSA) is 70.2 Å². The van der Waals surface area contributed by atoms with E-state index >= 15 is 0 Å². The highest BCUT2D eigenvalue weighted by molar-refractivity contribution is 5.89. The highest BCUT2D eigenvalue weighted by Crippen LogP contribution is 2.22. The van der Waals surface area contributed by atoms with Crippen molar-refractivity contribution in [2.75, 3.05) is 28.6 Å². The molecule has 0 aliphatic carbocycles. The predicted molar refractivity (Wildman–Crippen MR) is 101 cm³/mol. The summed E-state index contributed by atoms with van der Waals surface area (Å²) in [6, 6.07) is 9.54. The molecule has 1 aromatic heterocycles. The number of aryl methyl sites for hydroxylation is 1. The number of anilines is 4. The second-order valence-electron chi connectivity index (χ2n) is 6.48. The molecule has 0 saturated carbocycles. The Bertz CT molecular complexity index is 738. The minimum atomic E-state index is -0.0847. The van der Waals surface area contributed by atoms with Crippen LogP contribution in [0.25, 0.3) is 0 Å². The van der Waals surface area contributed by atoms with Crippen molar-refractivity contribution in [2.45, 2.75) is 39.5 Å². The van der Waals surface area contributed by atoms with Crippen LogP contribution in [0.2, 0.25) is 0 Å². The highest BCUT2D eigenvalue weighted by atomic mass is 16.1. The van der Waals surface area contributed by atoms with Gasteiger partial charge in [0.2, 0.25) is 11.9 Å². The van der Waals surface area contributed by atoms with Crippen molar-refractivity contribution in [3.05, 3.63) is 36.0 Å². The van der Waals surface area contributed by atoms with Gasteiger partial charge in [-0.3, -0.25) is 4.79 Å². The Morgan fingerprint density at radius 2 is 1.76 bits per heavy atom. The van der Waals surface area contributed by atoms with Crippen molar-refractivity contribution in [3.8, 4) is 0 Å². The SMILES string of the molecule is CC(=O)Nc1cccc(Nc2cc(C)nc(N3CCCCCC3)n2)c1. The van der Waals surface area contributed by atoms with Crippen LogP contribution in [-0.2, 0) is 4.79 Å². The van der Waals surface area contributed by atoms with Crippen molar-refractivity contribution in [1.82, 2.24) is 9.97 Å². The Labute approximate surface area is 148 Å². The number of nitrogens with one attached hydrogen (secondary N) is 2. The molecule has 1 fully saturated rings. The first kappa shape index (κ1) is 17.2. The van der Waals surface area contributed by atoms with Crippen LogP contribution in [0.4, 0.5) is 23.1 Å². The fourth-order valence-electron chi connectivity index (χ4n) is 3.05. The molecule has 1 saturated heterocycles. The van der Waals surface area contributed by atoms with Crippen molar-refractivity contribution in [2.24, 2.45) is 0 Å². The number of nitrogens with zero attached hydrogens (tertiary/aromatic N) is 3. The first-order valence-electron chi connectivity index (χ1n) is 8.85. The normalized spacial score (nSPS) is 14.7. The monoisotopic (exact) mass is 339 g/mol. The molecule has 3 rings (SSSR count). The zero-order valence-electron chi connectivity index (χ0n) is 14.9. The van der Waals surface area contributed by atoms with E-state index in [1.54, 1.807) is 0 Å². The Kier molecular flexibility index (Phi) is 5.48. The molecule has 132 valence electrons. The molecule has 0 unspecified atom stereocenters. The maximum absolute atomic E-state index is 11.2. The van der Waals surface area contributed by atoms with Crippen molar-refractivity contribution in [3.63, 3.8) is 0 Å². The number of hydrogen-bond acceptors (Lipinski definition) is 5. The van der Waals surface area contributed by atoms with Gasteiger partial charge in [0.05, 0.1) is 0 Å². The molecule has 1 aromatic carbocycles. The Morgan fingerprint density at radius 3 is 2.48 bits per heavy atom. The number of hydrogen-bond donors (Lipinski definition) is 2. The fraction of sp³-hybridized carbons (Fsp3) is 0.421. The van der Waals surface area contributed by atoms with E-state index in [0.29, 0.717) is 0 Å². The van der Waals surface area contributed by atoms with E-state index in [-0.39, 0.29) is 5.91 Å². The van der Waals surface area contributed by atoms with Gasteiger partial charge in [-0.1, -0.05) is 18.9 Å². The van der Waals surface area contributed by atoms with Gasteiger partial charge in [0.15, 0.2) is 0 Å². The van der Waals surface area contributed by atoms with E-state index in [9.17, 15) is 4.79 Å². The summed E-state index contributed by atoms with van der Waals surface area (Å²) < 4.78 is 0. The molecule has 2 aromatic rings. The Hall–Kier alpha value is -2.63. The van der Waals surface area contributed by atoms with E-state index in [0.717, 1.165) is 41.9 Å². The van der Waals surface area contributed by atoms with Crippen molar-refractivity contribution in [1.29, 1.82) is 0 Å². The van der Waals surface area contributed by atoms with Crippen LogP contribution in [0, 0.1) is 6.92 Å². The minimum Gasteiger partial charge on any atom is -0.341 e. The first-order chi connectivity index (χ1) is 12.1. The van der Waals surface area contributed by atoms with Crippen molar-refractivity contribution >= 4 is 29.0 Å². The van der Waals surface area contributed by atoms with Gasteiger partial charge in [0, 0.05) is 43.1 Å². The largest absolute Gasteiger partial charge is 0.341 e. The second-order valence-corrected chi connectivity index (χ2v) is 6.48. The zero-order valence-corrected chi connectivity index (χ0v) is 14.9. The van der Waals surface area contributed by atoms with Crippen LogP contribution in [0.3, 0.4) is 0 Å². The van der Waals surface area contributed by atoms with Crippen LogP contribution in [-0.4, -0.2) is 29.0 Å². The van der Waals surface area contributed by atoms with Gasteiger partial charge in [0.1, 0.15) is 5.82 Å². The average Bonchev–Trinajstić information content (AvgIpc) is 2.83. The maximum atomic E-state index is 11.2. The third-order valence-corrected chi connectivity index (χ3v) is 4.19. The molecule has 6 nitrogen and oxygen atoms in total. The second kappa shape index (κ2) is 7.96. The quantitative estimate of drug-likeness (QED) is 0.885. The van der Waals surface area contributed by atoms with E-state index < -0.39 is 0 Å². The summed E-state index contributed by atoms with van der Waals surface area (Å²) in [5.74, 6) is 1.48. The Morgan fingerprint density at radius 1 is 1.04 bits per heavy atom. The summed E-state index contributed by atoms with van der Waals surface area (Å²) in [5.41, 5.74) is 2.58. The Balaban J connectivity index is 1.79. The van der Waals surface area contributed by atoms with Gasteiger partial charge in [-0.2, -0.15) is 4.98 Å². The molecule has 1 amide bonds. The van der Waals surface area contributed by atoms with Gasteiger partial charge in [-0.25, -0.2) is 4.98 Å². The molecular formula is C19H25N5O. The summed E-state index contributed by atoms with van der Waals surface area (Å²) in [5, 5.41) is 6.12. The number of benzene rings is 1. The van der Waals surface area contributed by atoms with E-state index in [2.05, 4.69) is 20.5 Å².